The normalized spacial score (nSPS) is 15.6. The third-order valence-corrected chi connectivity index (χ3v) is 4.46. The van der Waals surface area contributed by atoms with Crippen LogP contribution in [0.2, 0.25) is 0 Å². The number of carbonyl (C=O) groups excluding carboxylic acids is 2. The molecule has 1 fully saturated rings. The second-order valence-electron chi connectivity index (χ2n) is 4.99. The van der Waals surface area contributed by atoms with Crippen LogP contribution in [0.1, 0.15) is 26.7 Å². The summed E-state index contributed by atoms with van der Waals surface area (Å²) in [6.45, 7) is 5.14. The number of amides is 2. The van der Waals surface area contributed by atoms with Crippen LogP contribution in [0.5, 0.6) is 0 Å². The van der Waals surface area contributed by atoms with Crippen LogP contribution < -0.4 is 5.32 Å². The number of halogens is 1. The van der Waals surface area contributed by atoms with Crippen molar-refractivity contribution in [2.24, 2.45) is 5.41 Å². The molecule has 0 aliphatic heterocycles. The molecular formula is C15H19BrN2O2. The summed E-state index contributed by atoms with van der Waals surface area (Å²) in [6.07, 6.45) is 1.28. The number of hydrogen-bond acceptors (Lipinski definition) is 2. The molecular weight excluding hydrogens is 320 g/mol. The summed E-state index contributed by atoms with van der Waals surface area (Å²) in [6, 6.07) is 7.42. The molecule has 0 spiro atoms. The van der Waals surface area contributed by atoms with Gasteiger partial charge in [-0.15, -0.1) is 0 Å². The number of anilines is 1. The molecule has 0 bridgehead atoms. The van der Waals surface area contributed by atoms with Gasteiger partial charge in [-0.05, 0) is 54.8 Å². The quantitative estimate of drug-likeness (QED) is 0.839. The first-order valence-electron chi connectivity index (χ1n) is 6.90. The van der Waals surface area contributed by atoms with Gasteiger partial charge >= 0.3 is 0 Å². The monoisotopic (exact) mass is 338 g/mol. The van der Waals surface area contributed by atoms with Crippen LogP contribution in [0.3, 0.4) is 0 Å². The summed E-state index contributed by atoms with van der Waals surface area (Å²) in [5.74, 6) is -0.242. The fourth-order valence-electron chi connectivity index (χ4n) is 2.28. The second-order valence-corrected chi connectivity index (χ2v) is 5.85. The Bertz CT molecular complexity index is 522. The first-order chi connectivity index (χ1) is 9.55. The maximum Gasteiger partial charge on any atom is 0.240 e. The Morgan fingerprint density at radius 3 is 2.35 bits per heavy atom. The minimum absolute atomic E-state index is 0.0490. The van der Waals surface area contributed by atoms with E-state index < -0.39 is 5.41 Å². The zero-order chi connectivity index (χ0) is 14.8. The van der Waals surface area contributed by atoms with Gasteiger partial charge in [0.25, 0.3) is 0 Å². The summed E-state index contributed by atoms with van der Waals surface area (Å²) in [5, 5.41) is 2.86. The van der Waals surface area contributed by atoms with E-state index in [0.717, 1.165) is 4.47 Å². The van der Waals surface area contributed by atoms with Crippen LogP contribution in [-0.2, 0) is 9.59 Å². The predicted octanol–water partition coefficient (Wildman–Crippen LogP) is 3.04. The van der Waals surface area contributed by atoms with Crippen molar-refractivity contribution in [2.45, 2.75) is 26.7 Å². The fourth-order valence-corrected chi connectivity index (χ4v) is 2.66. The number of nitrogens with zero attached hydrogens (tertiary/aromatic N) is 1. The molecule has 4 nitrogen and oxygen atoms in total. The largest absolute Gasteiger partial charge is 0.342 e. The zero-order valence-corrected chi connectivity index (χ0v) is 13.4. The van der Waals surface area contributed by atoms with Crippen LogP contribution in [0.4, 0.5) is 5.69 Å². The number of benzene rings is 1. The highest BCUT2D eigenvalue weighted by molar-refractivity contribution is 9.10. The van der Waals surface area contributed by atoms with E-state index in [1.165, 1.54) is 0 Å². The Balaban J connectivity index is 2.13. The first-order valence-corrected chi connectivity index (χ1v) is 7.69. The predicted molar refractivity (Wildman–Crippen MR) is 82.4 cm³/mol. The highest BCUT2D eigenvalue weighted by Gasteiger charge is 2.57. The smallest absolute Gasteiger partial charge is 0.240 e. The van der Waals surface area contributed by atoms with Gasteiger partial charge in [-0.2, -0.15) is 0 Å². The van der Waals surface area contributed by atoms with Gasteiger partial charge < -0.3 is 10.2 Å². The van der Waals surface area contributed by atoms with Crippen molar-refractivity contribution in [3.63, 3.8) is 0 Å². The second kappa shape index (κ2) is 5.95. The van der Waals surface area contributed by atoms with Gasteiger partial charge in [0.2, 0.25) is 11.8 Å². The zero-order valence-electron chi connectivity index (χ0n) is 11.8. The Morgan fingerprint density at radius 2 is 1.85 bits per heavy atom. The summed E-state index contributed by atoms with van der Waals surface area (Å²) >= 11 is 3.40. The van der Waals surface area contributed by atoms with Crippen molar-refractivity contribution < 1.29 is 9.59 Å². The lowest BCUT2D eigenvalue weighted by Gasteiger charge is -2.24. The Kier molecular flexibility index (Phi) is 4.48. The van der Waals surface area contributed by atoms with E-state index in [1.807, 2.05) is 38.1 Å². The molecule has 2 amide bonds. The van der Waals surface area contributed by atoms with Gasteiger partial charge in [0, 0.05) is 17.6 Å². The summed E-state index contributed by atoms with van der Waals surface area (Å²) in [4.78, 5) is 26.6. The number of carbonyl (C=O) groups is 2. The van der Waals surface area contributed by atoms with E-state index in [-0.39, 0.29) is 11.8 Å². The first kappa shape index (κ1) is 15.0. The van der Waals surface area contributed by atoms with Crippen molar-refractivity contribution >= 4 is 33.4 Å². The van der Waals surface area contributed by atoms with Crippen LogP contribution in [0.25, 0.3) is 0 Å². The number of para-hydroxylation sites is 1. The standard InChI is InChI=1S/C15H19BrN2O2/c1-3-18(4-2)14(20)15(9-10-15)13(19)17-12-8-6-5-7-11(12)16/h5-8H,3-4,9-10H2,1-2H3,(H,17,19). The Morgan fingerprint density at radius 1 is 1.25 bits per heavy atom. The maximum atomic E-state index is 12.5. The van der Waals surface area contributed by atoms with Gasteiger partial charge in [0.05, 0.1) is 5.69 Å². The maximum absolute atomic E-state index is 12.5. The molecule has 0 radical (unpaired) electrons. The van der Waals surface area contributed by atoms with Gasteiger partial charge in [-0.3, -0.25) is 9.59 Å². The van der Waals surface area contributed by atoms with Crippen LogP contribution in [0.15, 0.2) is 28.7 Å². The third kappa shape index (κ3) is 2.73. The molecule has 0 atom stereocenters. The van der Waals surface area contributed by atoms with Crippen molar-refractivity contribution in [3.8, 4) is 0 Å². The van der Waals surface area contributed by atoms with Crippen molar-refractivity contribution in [2.75, 3.05) is 18.4 Å². The molecule has 1 aromatic carbocycles. The Hall–Kier alpha value is -1.36. The number of rotatable bonds is 5. The van der Waals surface area contributed by atoms with E-state index in [1.54, 1.807) is 4.90 Å². The van der Waals surface area contributed by atoms with E-state index in [4.69, 9.17) is 0 Å². The van der Waals surface area contributed by atoms with Crippen molar-refractivity contribution in [1.29, 1.82) is 0 Å². The molecule has 0 unspecified atom stereocenters. The molecule has 1 saturated carbocycles. The molecule has 20 heavy (non-hydrogen) atoms. The molecule has 0 saturated heterocycles. The lowest BCUT2D eigenvalue weighted by Crippen LogP contribution is -2.42. The topological polar surface area (TPSA) is 49.4 Å². The highest BCUT2D eigenvalue weighted by Crippen LogP contribution is 2.48. The lowest BCUT2D eigenvalue weighted by atomic mass is 10.0. The molecule has 5 heteroatoms. The molecule has 1 N–H and O–H groups in total. The van der Waals surface area contributed by atoms with Crippen LogP contribution in [0, 0.1) is 5.41 Å². The van der Waals surface area contributed by atoms with Gasteiger partial charge in [-0.25, -0.2) is 0 Å². The van der Waals surface area contributed by atoms with Gasteiger partial charge in [-0.1, -0.05) is 12.1 Å². The van der Waals surface area contributed by atoms with Crippen LogP contribution >= 0.6 is 15.9 Å². The van der Waals surface area contributed by atoms with Crippen LogP contribution in [-0.4, -0.2) is 29.8 Å². The van der Waals surface area contributed by atoms with E-state index in [2.05, 4.69) is 21.2 Å². The van der Waals surface area contributed by atoms with E-state index in [9.17, 15) is 9.59 Å². The Labute approximate surface area is 127 Å². The van der Waals surface area contributed by atoms with E-state index in [0.29, 0.717) is 31.6 Å². The van der Waals surface area contributed by atoms with Gasteiger partial charge in [0.1, 0.15) is 5.41 Å². The average Bonchev–Trinajstić information content (AvgIpc) is 3.24. The summed E-state index contributed by atoms with van der Waals surface area (Å²) < 4.78 is 0.819. The molecule has 1 aliphatic carbocycles. The fraction of sp³-hybridized carbons (Fsp3) is 0.467. The number of nitrogens with one attached hydrogen (secondary N) is 1. The van der Waals surface area contributed by atoms with Crippen molar-refractivity contribution in [3.05, 3.63) is 28.7 Å². The third-order valence-electron chi connectivity index (χ3n) is 3.77. The molecule has 0 heterocycles. The summed E-state index contributed by atoms with van der Waals surface area (Å²) in [7, 11) is 0. The molecule has 1 aromatic rings. The lowest BCUT2D eigenvalue weighted by molar-refractivity contribution is -0.141. The van der Waals surface area contributed by atoms with Crippen molar-refractivity contribution in [1.82, 2.24) is 4.90 Å². The summed E-state index contributed by atoms with van der Waals surface area (Å²) in [5.41, 5.74) is -0.141. The SMILES string of the molecule is CCN(CC)C(=O)C1(C(=O)Nc2ccccc2Br)CC1. The molecule has 2 rings (SSSR count). The minimum Gasteiger partial charge on any atom is -0.342 e. The average molecular weight is 339 g/mol. The van der Waals surface area contributed by atoms with Gasteiger partial charge in [0.15, 0.2) is 0 Å². The molecule has 108 valence electrons. The van der Waals surface area contributed by atoms with E-state index >= 15 is 0 Å². The minimum atomic E-state index is -0.846. The molecule has 0 aromatic heterocycles. The number of hydrogen-bond donors (Lipinski definition) is 1. The highest BCUT2D eigenvalue weighted by atomic mass is 79.9. The molecule has 1 aliphatic rings.